The summed E-state index contributed by atoms with van der Waals surface area (Å²) in [6.45, 7) is 4.14. The van der Waals surface area contributed by atoms with E-state index in [0.717, 1.165) is 38.5 Å². The van der Waals surface area contributed by atoms with Crippen LogP contribution >= 0.6 is 0 Å². The SMILES string of the molecule is CCCCCC/C=C\CCCCCCCC(=O)OC(CO)COC(=O)CCCCCCCCCCCCCCCCCCCCCC. The lowest BCUT2D eigenvalue weighted by Gasteiger charge is -2.15. The molecule has 0 heterocycles. The maximum absolute atomic E-state index is 12.1. The van der Waals surface area contributed by atoms with Crippen molar-refractivity contribution in [3.63, 3.8) is 0 Å². The Morgan fingerprint density at radius 1 is 0.468 bits per heavy atom. The number of aliphatic hydroxyl groups excluding tert-OH is 1. The van der Waals surface area contributed by atoms with Crippen LogP contribution in [0.25, 0.3) is 0 Å². The van der Waals surface area contributed by atoms with Crippen molar-refractivity contribution < 1.29 is 24.2 Å². The van der Waals surface area contributed by atoms with E-state index in [1.807, 2.05) is 0 Å². The molecule has 1 N–H and O–H groups in total. The first-order valence-electron chi connectivity index (χ1n) is 20.7. The van der Waals surface area contributed by atoms with Crippen molar-refractivity contribution in [1.82, 2.24) is 0 Å². The summed E-state index contributed by atoms with van der Waals surface area (Å²) in [5.41, 5.74) is 0. The fourth-order valence-corrected chi connectivity index (χ4v) is 6.14. The summed E-state index contributed by atoms with van der Waals surface area (Å²) in [5.74, 6) is -0.589. The minimum absolute atomic E-state index is 0.0631. The van der Waals surface area contributed by atoms with Crippen LogP contribution in [0, 0.1) is 0 Å². The topological polar surface area (TPSA) is 72.8 Å². The van der Waals surface area contributed by atoms with E-state index >= 15 is 0 Å². The Balaban J connectivity index is 3.48. The number of carbonyl (C=O) groups is 2. The number of ether oxygens (including phenoxy) is 2. The number of esters is 2. The van der Waals surface area contributed by atoms with Crippen LogP contribution in [0.15, 0.2) is 12.2 Å². The standard InChI is InChI=1S/C42H80O5/c1-3-5-7-9-11-13-15-17-18-19-20-21-22-23-25-26-28-30-32-34-36-41(44)46-39-40(38-43)47-42(45)37-35-33-31-29-27-24-16-14-12-10-8-6-4-2/h14,16,40,43H,3-13,15,17-39H2,1-2H3/b16-14-. The lowest BCUT2D eigenvalue weighted by molar-refractivity contribution is -0.161. The Kier molecular flexibility index (Phi) is 38.0. The molecule has 0 spiro atoms. The Labute approximate surface area is 292 Å². The van der Waals surface area contributed by atoms with E-state index in [-0.39, 0.29) is 25.2 Å². The van der Waals surface area contributed by atoms with Gasteiger partial charge >= 0.3 is 11.9 Å². The second-order valence-electron chi connectivity index (χ2n) is 14.1. The Hall–Kier alpha value is -1.36. The summed E-state index contributed by atoms with van der Waals surface area (Å²) < 4.78 is 10.6. The van der Waals surface area contributed by atoms with Crippen LogP contribution < -0.4 is 0 Å². The summed E-state index contributed by atoms with van der Waals surface area (Å²) in [4.78, 5) is 24.2. The minimum Gasteiger partial charge on any atom is -0.462 e. The van der Waals surface area contributed by atoms with E-state index in [4.69, 9.17) is 9.47 Å². The van der Waals surface area contributed by atoms with Gasteiger partial charge in [-0.15, -0.1) is 0 Å². The third kappa shape index (κ3) is 37.3. The molecule has 0 aliphatic heterocycles. The second-order valence-corrected chi connectivity index (χ2v) is 14.1. The monoisotopic (exact) mass is 665 g/mol. The van der Waals surface area contributed by atoms with Crippen LogP contribution in [-0.4, -0.2) is 36.4 Å². The van der Waals surface area contributed by atoms with Crippen LogP contribution in [0.3, 0.4) is 0 Å². The first-order chi connectivity index (χ1) is 23.1. The molecule has 0 saturated carbocycles. The van der Waals surface area contributed by atoms with Crippen molar-refractivity contribution in [3.05, 3.63) is 12.2 Å². The first-order valence-corrected chi connectivity index (χ1v) is 20.7. The molecule has 0 fully saturated rings. The van der Waals surface area contributed by atoms with Gasteiger partial charge in [0, 0.05) is 12.8 Å². The third-order valence-electron chi connectivity index (χ3n) is 9.31. The molecule has 1 atom stereocenters. The zero-order valence-electron chi connectivity index (χ0n) is 31.6. The molecular weight excluding hydrogens is 584 g/mol. The van der Waals surface area contributed by atoms with Crippen molar-refractivity contribution in [1.29, 1.82) is 0 Å². The van der Waals surface area contributed by atoms with Crippen molar-refractivity contribution in [3.8, 4) is 0 Å². The Bertz CT molecular complexity index is 676. The van der Waals surface area contributed by atoms with Gasteiger partial charge in [0.1, 0.15) is 6.61 Å². The van der Waals surface area contributed by atoms with E-state index in [9.17, 15) is 14.7 Å². The average molecular weight is 665 g/mol. The number of unbranched alkanes of at least 4 members (excludes halogenated alkanes) is 28. The van der Waals surface area contributed by atoms with E-state index in [1.165, 1.54) is 161 Å². The predicted molar refractivity (Wildman–Crippen MR) is 201 cm³/mol. The normalized spacial score (nSPS) is 12.1. The van der Waals surface area contributed by atoms with Gasteiger partial charge in [-0.3, -0.25) is 9.59 Å². The highest BCUT2D eigenvalue weighted by Gasteiger charge is 2.16. The largest absolute Gasteiger partial charge is 0.462 e. The molecule has 0 rings (SSSR count). The van der Waals surface area contributed by atoms with E-state index in [0.29, 0.717) is 12.8 Å². The van der Waals surface area contributed by atoms with Gasteiger partial charge in [0.2, 0.25) is 0 Å². The quantitative estimate of drug-likeness (QED) is 0.0404. The summed E-state index contributed by atoms with van der Waals surface area (Å²) in [5, 5.41) is 9.55. The summed E-state index contributed by atoms with van der Waals surface area (Å²) in [7, 11) is 0. The highest BCUT2D eigenvalue weighted by molar-refractivity contribution is 5.70. The van der Waals surface area contributed by atoms with Gasteiger partial charge in [0.05, 0.1) is 6.61 Å². The molecule has 0 bridgehead atoms. The van der Waals surface area contributed by atoms with Crippen LogP contribution in [0.1, 0.15) is 226 Å². The predicted octanol–water partition coefficient (Wildman–Crippen LogP) is 12.9. The molecule has 0 saturated heterocycles. The second kappa shape index (κ2) is 39.1. The molecule has 1 unspecified atom stereocenters. The minimum atomic E-state index is -0.768. The Morgan fingerprint density at radius 2 is 0.787 bits per heavy atom. The van der Waals surface area contributed by atoms with Gasteiger partial charge < -0.3 is 14.6 Å². The number of aliphatic hydroxyl groups is 1. The van der Waals surface area contributed by atoms with Gasteiger partial charge in [-0.2, -0.15) is 0 Å². The molecule has 0 aliphatic carbocycles. The summed E-state index contributed by atoms with van der Waals surface area (Å²) in [6, 6.07) is 0. The molecule has 0 radical (unpaired) electrons. The van der Waals surface area contributed by atoms with Gasteiger partial charge in [-0.05, 0) is 38.5 Å². The van der Waals surface area contributed by atoms with E-state index < -0.39 is 6.10 Å². The summed E-state index contributed by atoms with van der Waals surface area (Å²) in [6.07, 6.45) is 44.2. The molecule has 0 aromatic carbocycles. The molecule has 47 heavy (non-hydrogen) atoms. The molecule has 5 nitrogen and oxygen atoms in total. The molecular formula is C42H80O5. The number of hydrogen-bond donors (Lipinski definition) is 1. The molecule has 0 aromatic rings. The molecule has 0 aromatic heterocycles. The highest BCUT2D eigenvalue weighted by atomic mass is 16.6. The van der Waals surface area contributed by atoms with Crippen molar-refractivity contribution in [2.24, 2.45) is 0 Å². The number of hydrogen-bond acceptors (Lipinski definition) is 5. The van der Waals surface area contributed by atoms with Gasteiger partial charge in [0.15, 0.2) is 6.10 Å². The number of rotatable bonds is 38. The molecule has 278 valence electrons. The van der Waals surface area contributed by atoms with Crippen LogP contribution in [-0.2, 0) is 19.1 Å². The van der Waals surface area contributed by atoms with E-state index in [2.05, 4.69) is 26.0 Å². The smallest absolute Gasteiger partial charge is 0.306 e. The first kappa shape index (κ1) is 45.6. The van der Waals surface area contributed by atoms with Gasteiger partial charge in [0.25, 0.3) is 0 Å². The number of allylic oxidation sites excluding steroid dienone is 2. The molecule has 0 amide bonds. The lowest BCUT2D eigenvalue weighted by atomic mass is 10.0. The fraction of sp³-hybridized carbons (Fsp3) is 0.905. The number of carbonyl (C=O) groups excluding carboxylic acids is 2. The van der Waals surface area contributed by atoms with Crippen molar-refractivity contribution in [2.75, 3.05) is 13.2 Å². The summed E-state index contributed by atoms with van der Waals surface area (Å²) >= 11 is 0. The van der Waals surface area contributed by atoms with E-state index in [1.54, 1.807) is 0 Å². The zero-order valence-corrected chi connectivity index (χ0v) is 31.6. The third-order valence-corrected chi connectivity index (χ3v) is 9.31. The maximum atomic E-state index is 12.1. The molecule has 0 aliphatic rings. The highest BCUT2D eigenvalue weighted by Crippen LogP contribution is 2.15. The average Bonchev–Trinajstić information content (AvgIpc) is 3.07. The zero-order chi connectivity index (χ0) is 34.3. The lowest BCUT2D eigenvalue weighted by Crippen LogP contribution is -2.28. The maximum Gasteiger partial charge on any atom is 0.306 e. The van der Waals surface area contributed by atoms with Crippen LogP contribution in [0.2, 0.25) is 0 Å². The van der Waals surface area contributed by atoms with Crippen molar-refractivity contribution >= 4 is 11.9 Å². The van der Waals surface area contributed by atoms with Gasteiger partial charge in [-0.25, -0.2) is 0 Å². The fourth-order valence-electron chi connectivity index (χ4n) is 6.14. The Morgan fingerprint density at radius 3 is 1.17 bits per heavy atom. The van der Waals surface area contributed by atoms with Crippen LogP contribution in [0.5, 0.6) is 0 Å². The molecule has 5 heteroatoms. The van der Waals surface area contributed by atoms with Crippen molar-refractivity contribution in [2.45, 2.75) is 232 Å². The van der Waals surface area contributed by atoms with Crippen LogP contribution in [0.4, 0.5) is 0 Å². The van der Waals surface area contributed by atoms with Gasteiger partial charge in [-0.1, -0.05) is 187 Å².